The highest BCUT2D eigenvalue weighted by atomic mass is 79.9. The van der Waals surface area contributed by atoms with Crippen molar-refractivity contribution in [3.63, 3.8) is 0 Å². The van der Waals surface area contributed by atoms with Gasteiger partial charge in [0.15, 0.2) is 0 Å². The molecule has 1 nitrogen and oxygen atoms in total. The molecule has 0 spiro atoms. The zero-order valence-electron chi connectivity index (χ0n) is 11.3. The second kappa shape index (κ2) is 8.41. The third kappa shape index (κ3) is 5.39. The van der Waals surface area contributed by atoms with Crippen molar-refractivity contribution in [1.82, 2.24) is 5.32 Å². The molecular weight excluding hydrogens is 318 g/mol. The van der Waals surface area contributed by atoms with Gasteiger partial charge in [-0.3, -0.25) is 0 Å². The summed E-state index contributed by atoms with van der Waals surface area (Å²) in [7, 11) is 0. The van der Waals surface area contributed by atoms with E-state index < -0.39 is 0 Å². The fourth-order valence-electron chi connectivity index (χ4n) is 1.68. The minimum absolute atomic E-state index is 0. The Hall–Kier alpha value is -0.770. The van der Waals surface area contributed by atoms with Gasteiger partial charge in [0.1, 0.15) is 0 Å². The zero-order chi connectivity index (χ0) is 12.8. The van der Waals surface area contributed by atoms with Gasteiger partial charge in [-0.15, -0.1) is 17.0 Å². The second-order valence-electron chi connectivity index (χ2n) is 4.56. The van der Waals surface area contributed by atoms with Crippen molar-refractivity contribution in [2.24, 2.45) is 0 Å². The number of rotatable bonds is 5. The van der Waals surface area contributed by atoms with Crippen LogP contribution in [0.4, 0.5) is 0 Å². The minimum Gasteiger partial charge on any atom is -0.310 e. The van der Waals surface area contributed by atoms with E-state index in [-0.39, 0.29) is 17.0 Å². The minimum atomic E-state index is 0. The van der Waals surface area contributed by atoms with E-state index in [1.807, 2.05) is 11.8 Å². The first-order valence-electron chi connectivity index (χ1n) is 6.30. The third-order valence-corrected chi connectivity index (χ3v) is 3.77. The predicted octanol–water partition coefficient (Wildman–Crippen LogP) is 4.91. The van der Waals surface area contributed by atoms with Gasteiger partial charge in [0.25, 0.3) is 0 Å². The molecule has 0 atom stereocenters. The molecule has 19 heavy (non-hydrogen) atoms. The molecule has 0 bridgehead atoms. The van der Waals surface area contributed by atoms with Gasteiger partial charge in [0.2, 0.25) is 0 Å². The van der Waals surface area contributed by atoms with Crippen LogP contribution in [0.15, 0.2) is 64.4 Å². The first-order chi connectivity index (χ1) is 8.75. The number of benzene rings is 2. The second-order valence-corrected chi connectivity index (χ2v) is 5.67. The molecule has 2 aromatic carbocycles. The maximum absolute atomic E-state index is 3.47. The van der Waals surface area contributed by atoms with Gasteiger partial charge in [0.05, 0.1) is 0 Å². The van der Waals surface area contributed by atoms with Crippen LogP contribution in [0.5, 0.6) is 0 Å². The van der Waals surface area contributed by atoms with E-state index in [0.717, 1.165) is 6.54 Å². The summed E-state index contributed by atoms with van der Waals surface area (Å²) in [6.07, 6.45) is 0. The molecule has 0 aliphatic rings. The lowest BCUT2D eigenvalue weighted by molar-refractivity contribution is 0.585. The Morgan fingerprint density at radius 2 is 1.58 bits per heavy atom. The van der Waals surface area contributed by atoms with Crippen molar-refractivity contribution in [3.8, 4) is 0 Å². The molecule has 0 saturated carbocycles. The number of nitrogens with one attached hydrogen (secondary N) is 1. The van der Waals surface area contributed by atoms with Crippen molar-refractivity contribution < 1.29 is 0 Å². The highest BCUT2D eigenvalue weighted by Crippen LogP contribution is 2.30. The van der Waals surface area contributed by atoms with Crippen LogP contribution in [-0.2, 0) is 6.54 Å². The first-order valence-corrected chi connectivity index (χ1v) is 7.11. The summed E-state index contributed by atoms with van der Waals surface area (Å²) in [6.45, 7) is 5.27. The number of hydrogen-bond acceptors (Lipinski definition) is 2. The average molecular weight is 338 g/mol. The molecule has 102 valence electrons. The molecule has 0 saturated heterocycles. The van der Waals surface area contributed by atoms with Crippen LogP contribution < -0.4 is 5.32 Å². The van der Waals surface area contributed by atoms with E-state index in [1.54, 1.807) is 0 Å². The van der Waals surface area contributed by atoms with Gasteiger partial charge < -0.3 is 5.32 Å². The molecule has 0 radical (unpaired) electrons. The Labute approximate surface area is 130 Å². The van der Waals surface area contributed by atoms with Crippen LogP contribution >= 0.6 is 28.7 Å². The summed E-state index contributed by atoms with van der Waals surface area (Å²) in [4.78, 5) is 2.62. The van der Waals surface area contributed by atoms with E-state index in [1.165, 1.54) is 15.4 Å². The van der Waals surface area contributed by atoms with Gasteiger partial charge in [-0.05, 0) is 23.8 Å². The zero-order valence-corrected chi connectivity index (χ0v) is 13.8. The molecule has 2 aromatic rings. The lowest BCUT2D eigenvalue weighted by Crippen LogP contribution is -2.22. The molecular formula is C16H20BrNS. The summed E-state index contributed by atoms with van der Waals surface area (Å²) < 4.78 is 0. The van der Waals surface area contributed by atoms with E-state index >= 15 is 0 Å². The number of halogens is 1. The normalized spacial score (nSPS) is 10.3. The largest absolute Gasteiger partial charge is 0.310 e. The fraction of sp³-hybridized carbons (Fsp3) is 0.250. The van der Waals surface area contributed by atoms with Gasteiger partial charge in [-0.1, -0.05) is 62.0 Å². The molecule has 0 unspecified atom stereocenters. The van der Waals surface area contributed by atoms with Crippen molar-refractivity contribution >= 4 is 28.7 Å². The van der Waals surface area contributed by atoms with Crippen LogP contribution in [-0.4, -0.2) is 6.04 Å². The molecule has 0 heterocycles. The van der Waals surface area contributed by atoms with Crippen LogP contribution in [0.3, 0.4) is 0 Å². The number of hydrogen-bond donors (Lipinski definition) is 1. The molecule has 2 rings (SSSR count). The Kier molecular flexibility index (Phi) is 7.21. The van der Waals surface area contributed by atoms with E-state index in [0.29, 0.717) is 6.04 Å². The van der Waals surface area contributed by atoms with Crippen molar-refractivity contribution in [2.75, 3.05) is 0 Å². The van der Waals surface area contributed by atoms with E-state index in [4.69, 9.17) is 0 Å². The van der Waals surface area contributed by atoms with Gasteiger partial charge >= 0.3 is 0 Å². The van der Waals surface area contributed by atoms with Crippen LogP contribution in [0.1, 0.15) is 19.4 Å². The maximum atomic E-state index is 3.47. The van der Waals surface area contributed by atoms with Gasteiger partial charge in [-0.25, -0.2) is 0 Å². The van der Waals surface area contributed by atoms with Crippen molar-refractivity contribution in [1.29, 1.82) is 0 Å². The topological polar surface area (TPSA) is 12.0 Å². The molecule has 0 fully saturated rings. The molecule has 0 aromatic heterocycles. The third-order valence-electron chi connectivity index (χ3n) is 2.64. The highest BCUT2D eigenvalue weighted by Gasteiger charge is 2.04. The molecule has 0 aliphatic heterocycles. The predicted molar refractivity (Wildman–Crippen MR) is 89.3 cm³/mol. The Morgan fingerprint density at radius 1 is 0.947 bits per heavy atom. The Balaban J connectivity index is 0.00000180. The molecule has 3 heteroatoms. The quantitative estimate of drug-likeness (QED) is 0.831. The van der Waals surface area contributed by atoms with Crippen LogP contribution in [0.25, 0.3) is 0 Å². The summed E-state index contributed by atoms with van der Waals surface area (Å²) >= 11 is 1.83. The molecule has 1 N–H and O–H groups in total. The monoisotopic (exact) mass is 337 g/mol. The Morgan fingerprint density at radius 3 is 2.26 bits per heavy atom. The van der Waals surface area contributed by atoms with Crippen LogP contribution in [0.2, 0.25) is 0 Å². The Bertz CT molecular complexity index is 485. The summed E-state index contributed by atoms with van der Waals surface area (Å²) in [5.41, 5.74) is 1.36. The van der Waals surface area contributed by atoms with Crippen LogP contribution in [0, 0.1) is 0 Å². The maximum Gasteiger partial charge on any atom is 0.0219 e. The summed E-state index contributed by atoms with van der Waals surface area (Å²) in [6, 6.07) is 19.6. The average Bonchev–Trinajstić information content (AvgIpc) is 2.39. The van der Waals surface area contributed by atoms with E-state index in [9.17, 15) is 0 Å². The lowest BCUT2D eigenvalue weighted by atomic mass is 10.2. The van der Waals surface area contributed by atoms with Gasteiger partial charge in [0, 0.05) is 22.4 Å². The van der Waals surface area contributed by atoms with E-state index in [2.05, 4.69) is 73.8 Å². The molecule has 0 aliphatic carbocycles. The van der Waals surface area contributed by atoms with Gasteiger partial charge in [-0.2, -0.15) is 0 Å². The highest BCUT2D eigenvalue weighted by molar-refractivity contribution is 8.93. The summed E-state index contributed by atoms with van der Waals surface area (Å²) in [5, 5.41) is 3.47. The van der Waals surface area contributed by atoms with Crippen molar-refractivity contribution in [2.45, 2.75) is 36.2 Å². The smallest absolute Gasteiger partial charge is 0.0219 e. The SMILES string of the molecule is Br.CC(C)NCc1ccccc1Sc1ccccc1. The summed E-state index contributed by atoms with van der Waals surface area (Å²) in [5.74, 6) is 0. The fourth-order valence-corrected chi connectivity index (χ4v) is 2.64. The molecule has 0 amide bonds. The first kappa shape index (κ1) is 16.3. The standard InChI is InChI=1S/C16H19NS.BrH/c1-13(2)17-12-14-8-6-7-11-16(14)18-15-9-4-3-5-10-15;/h3-11,13,17H,12H2,1-2H3;1H. The lowest BCUT2D eigenvalue weighted by Gasteiger charge is -2.12. The van der Waals surface area contributed by atoms with Crippen molar-refractivity contribution in [3.05, 3.63) is 60.2 Å².